The first-order valence-corrected chi connectivity index (χ1v) is 5.97. The fourth-order valence-electron chi connectivity index (χ4n) is 1.95. The van der Waals surface area contributed by atoms with E-state index >= 15 is 0 Å². The summed E-state index contributed by atoms with van der Waals surface area (Å²) in [5, 5.41) is 6.23. The molecule has 0 saturated carbocycles. The highest BCUT2D eigenvalue weighted by atomic mass is 35.5. The Bertz CT molecular complexity index is 417. The van der Waals surface area contributed by atoms with Gasteiger partial charge in [-0.05, 0) is 25.5 Å². The molecule has 1 saturated heterocycles. The number of hydrogen-bond donors (Lipinski definition) is 2. The van der Waals surface area contributed by atoms with E-state index in [0.717, 1.165) is 12.2 Å². The standard InChI is InChI=1S/C11H15ClN4O/c1-6-4-13-5-8(6)10(17)16-11-14-7(2)3-9(12)15-11/h3,6,8,13H,4-5H2,1-2H3,(H,14,15,16,17)/t6-,8-/m1/s1. The Morgan fingerprint density at radius 1 is 1.53 bits per heavy atom. The van der Waals surface area contributed by atoms with Crippen molar-refractivity contribution < 1.29 is 4.79 Å². The molecular formula is C11H15ClN4O. The molecule has 2 atom stereocenters. The number of aromatic nitrogens is 2. The number of hydrogen-bond acceptors (Lipinski definition) is 4. The summed E-state index contributed by atoms with van der Waals surface area (Å²) >= 11 is 5.81. The molecule has 0 aliphatic carbocycles. The van der Waals surface area contributed by atoms with Crippen LogP contribution in [0.15, 0.2) is 6.07 Å². The number of halogens is 1. The zero-order valence-corrected chi connectivity index (χ0v) is 10.6. The fourth-order valence-corrected chi connectivity index (χ4v) is 2.19. The van der Waals surface area contributed by atoms with Gasteiger partial charge in [-0.25, -0.2) is 9.97 Å². The van der Waals surface area contributed by atoms with Gasteiger partial charge in [0, 0.05) is 12.2 Å². The molecule has 1 aliphatic rings. The van der Waals surface area contributed by atoms with Crippen LogP contribution in [0.25, 0.3) is 0 Å². The zero-order valence-electron chi connectivity index (χ0n) is 9.83. The summed E-state index contributed by atoms with van der Waals surface area (Å²) < 4.78 is 0. The third-order valence-electron chi connectivity index (χ3n) is 2.91. The highest BCUT2D eigenvalue weighted by molar-refractivity contribution is 6.29. The normalized spacial score (nSPS) is 23.7. The van der Waals surface area contributed by atoms with Crippen LogP contribution in [-0.2, 0) is 4.79 Å². The van der Waals surface area contributed by atoms with Crippen LogP contribution in [0, 0.1) is 18.8 Å². The van der Waals surface area contributed by atoms with Gasteiger partial charge in [0.25, 0.3) is 0 Å². The molecule has 0 radical (unpaired) electrons. The molecule has 0 bridgehead atoms. The number of carbonyl (C=O) groups excluding carboxylic acids is 1. The molecule has 1 aliphatic heterocycles. The summed E-state index contributed by atoms with van der Waals surface area (Å²) in [6.07, 6.45) is 0. The number of carbonyl (C=O) groups is 1. The first-order chi connectivity index (χ1) is 8.06. The molecular weight excluding hydrogens is 240 g/mol. The van der Waals surface area contributed by atoms with Crippen molar-refractivity contribution in [2.75, 3.05) is 18.4 Å². The van der Waals surface area contributed by atoms with Crippen molar-refractivity contribution in [2.45, 2.75) is 13.8 Å². The molecule has 2 heterocycles. The first-order valence-electron chi connectivity index (χ1n) is 5.59. The molecule has 0 aromatic carbocycles. The molecule has 17 heavy (non-hydrogen) atoms. The number of aryl methyl sites for hydroxylation is 1. The Morgan fingerprint density at radius 2 is 2.29 bits per heavy atom. The van der Waals surface area contributed by atoms with Crippen LogP contribution < -0.4 is 10.6 Å². The molecule has 92 valence electrons. The van der Waals surface area contributed by atoms with E-state index in [1.165, 1.54) is 0 Å². The monoisotopic (exact) mass is 254 g/mol. The van der Waals surface area contributed by atoms with Gasteiger partial charge in [-0.15, -0.1) is 0 Å². The van der Waals surface area contributed by atoms with E-state index in [1.807, 2.05) is 13.8 Å². The summed E-state index contributed by atoms with van der Waals surface area (Å²) in [6.45, 7) is 5.43. The van der Waals surface area contributed by atoms with Crippen molar-refractivity contribution in [3.05, 3.63) is 16.9 Å². The average molecular weight is 255 g/mol. The van der Waals surface area contributed by atoms with Crippen molar-refractivity contribution in [3.8, 4) is 0 Å². The minimum absolute atomic E-state index is 0.0297. The number of anilines is 1. The molecule has 6 heteroatoms. The zero-order chi connectivity index (χ0) is 12.4. The minimum Gasteiger partial charge on any atom is -0.316 e. The maximum absolute atomic E-state index is 12.0. The molecule has 1 aromatic rings. The lowest BCUT2D eigenvalue weighted by Gasteiger charge is -2.13. The van der Waals surface area contributed by atoms with E-state index in [2.05, 4.69) is 20.6 Å². The van der Waals surface area contributed by atoms with Gasteiger partial charge < -0.3 is 5.32 Å². The van der Waals surface area contributed by atoms with E-state index in [0.29, 0.717) is 17.6 Å². The molecule has 0 unspecified atom stereocenters. The van der Waals surface area contributed by atoms with E-state index < -0.39 is 0 Å². The van der Waals surface area contributed by atoms with Crippen molar-refractivity contribution >= 4 is 23.5 Å². The lowest BCUT2D eigenvalue weighted by molar-refractivity contribution is -0.120. The largest absolute Gasteiger partial charge is 0.316 e. The van der Waals surface area contributed by atoms with Crippen LogP contribution in [0.3, 0.4) is 0 Å². The summed E-state index contributed by atoms with van der Waals surface area (Å²) in [7, 11) is 0. The van der Waals surface area contributed by atoms with Crippen LogP contribution in [0.5, 0.6) is 0 Å². The fraction of sp³-hybridized carbons (Fsp3) is 0.545. The van der Waals surface area contributed by atoms with Crippen molar-refractivity contribution in [3.63, 3.8) is 0 Å². The van der Waals surface area contributed by atoms with Gasteiger partial charge in [-0.2, -0.15) is 0 Å². The van der Waals surface area contributed by atoms with Gasteiger partial charge in [0.2, 0.25) is 11.9 Å². The number of amides is 1. The van der Waals surface area contributed by atoms with Crippen LogP contribution >= 0.6 is 11.6 Å². The first kappa shape index (κ1) is 12.3. The third kappa shape index (κ3) is 2.92. The number of nitrogens with zero attached hydrogens (tertiary/aromatic N) is 2. The van der Waals surface area contributed by atoms with Crippen LogP contribution in [0.4, 0.5) is 5.95 Å². The second kappa shape index (κ2) is 4.98. The molecule has 1 amide bonds. The molecule has 0 spiro atoms. The van der Waals surface area contributed by atoms with Crippen molar-refractivity contribution in [1.29, 1.82) is 0 Å². The average Bonchev–Trinajstić information content (AvgIpc) is 2.62. The van der Waals surface area contributed by atoms with Gasteiger partial charge in [0.05, 0.1) is 5.92 Å². The Morgan fingerprint density at radius 3 is 2.88 bits per heavy atom. The molecule has 1 aromatic heterocycles. The Kier molecular flexibility index (Phi) is 3.59. The Balaban J connectivity index is 2.07. The smallest absolute Gasteiger partial charge is 0.231 e. The van der Waals surface area contributed by atoms with E-state index in [4.69, 9.17) is 11.6 Å². The van der Waals surface area contributed by atoms with Crippen molar-refractivity contribution in [1.82, 2.24) is 15.3 Å². The summed E-state index contributed by atoms with van der Waals surface area (Å²) in [5.41, 5.74) is 0.734. The molecule has 2 rings (SSSR count). The van der Waals surface area contributed by atoms with Gasteiger partial charge >= 0.3 is 0 Å². The van der Waals surface area contributed by atoms with Crippen molar-refractivity contribution in [2.24, 2.45) is 11.8 Å². The molecule has 2 N–H and O–H groups in total. The number of rotatable bonds is 2. The number of nitrogens with one attached hydrogen (secondary N) is 2. The maximum Gasteiger partial charge on any atom is 0.231 e. The predicted molar refractivity (Wildman–Crippen MR) is 65.9 cm³/mol. The van der Waals surface area contributed by atoms with Gasteiger partial charge in [0.1, 0.15) is 5.15 Å². The van der Waals surface area contributed by atoms with Crippen LogP contribution in [-0.4, -0.2) is 29.0 Å². The van der Waals surface area contributed by atoms with Gasteiger partial charge in [-0.1, -0.05) is 18.5 Å². The second-order valence-corrected chi connectivity index (χ2v) is 4.77. The van der Waals surface area contributed by atoms with Crippen LogP contribution in [0.1, 0.15) is 12.6 Å². The minimum atomic E-state index is -0.0517. The lowest BCUT2D eigenvalue weighted by atomic mass is 9.97. The quantitative estimate of drug-likeness (QED) is 0.779. The predicted octanol–water partition coefficient (Wildman–Crippen LogP) is 1.23. The SMILES string of the molecule is Cc1cc(Cl)nc(NC(=O)[C@@H]2CNC[C@H]2C)n1. The second-order valence-electron chi connectivity index (χ2n) is 4.39. The third-order valence-corrected chi connectivity index (χ3v) is 3.11. The molecule has 1 fully saturated rings. The maximum atomic E-state index is 12.0. The highest BCUT2D eigenvalue weighted by Gasteiger charge is 2.29. The Hall–Kier alpha value is -1.20. The molecule has 5 nitrogen and oxygen atoms in total. The summed E-state index contributed by atoms with van der Waals surface area (Å²) in [4.78, 5) is 20.1. The van der Waals surface area contributed by atoms with Crippen LogP contribution in [0.2, 0.25) is 5.15 Å². The van der Waals surface area contributed by atoms with E-state index in [-0.39, 0.29) is 17.8 Å². The van der Waals surface area contributed by atoms with E-state index in [9.17, 15) is 4.79 Å². The van der Waals surface area contributed by atoms with E-state index in [1.54, 1.807) is 6.07 Å². The Labute approximate surface area is 105 Å². The summed E-state index contributed by atoms with van der Waals surface area (Å²) in [6, 6.07) is 1.65. The lowest BCUT2D eigenvalue weighted by Crippen LogP contribution is -2.28. The van der Waals surface area contributed by atoms with Gasteiger partial charge in [0.15, 0.2) is 0 Å². The topological polar surface area (TPSA) is 66.9 Å². The highest BCUT2D eigenvalue weighted by Crippen LogP contribution is 2.18. The summed E-state index contributed by atoms with van der Waals surface area (Å²) in [5.74, 6) is 0.524. The van der Waals surface area contributed by atoms with Gasteiger partial charge in [-0.3, -0.25) is 10.1 Å².